The quantitative estimate of drug-likeness (QED) is 0.510. The summed E-state index contributed by atoms with van der Waals surface area (Å²) >= 11 is 3.45. The van der Waals surface area contributed by atoms with Crippen molar-refractivity contribution in [2.45, 2.75) is 20.3 Å². The fraction of sp³-hybridized carbons (Fsp3) is 0.412. The van der Waals surface area contributed by atoms with Gasteiger partial charge in [-0.1, -0.05) is 0 Å². The Morgan fingerprint density at radius 2 is 1.92 bits per heavy atom. The summed E-state index contributed by atoms with van der Waals surface area (Å²) in [6.07, 6.45) is 3.20. The van der Waals surface area contributed by atoms with Crippen LogP contribution in [0.1, 0.15) is 25.8 Å². The first-order chi connectivity index (χ1) is 11.5. The third-order valence-electron chi connectivity index (χ3n) is 2.90. The minimum atomic E-state index is -0.365. The van der Waals surface area contributed by atoms with Gasteiger partial charge in [-0.2, -0.15) is 0 Å². The lowest BCUT2D eigenvalue weighted by Gasteiger charge is -2.13. The fourth-order valence-electron chi connectivity index (χ4n) is 1.85. The molecule has 0 fully saturated rings. The molecule has 0 aliphatic carbocycles. The number of nitrogens with one attached hydrogen (secondary N) is 1. The summed E-state index contributed by atoms with van der Waals surface area (Å²) in [6.45, 7) is 5.05. The standard InChI is InChI=1S/C17H22BrNO5/c1-4-23-14-11-12(10-13(18)17(14)24-5-2)6-7-15(20)19-9-8-16(21)22-3/h6-7,10-11H,4-5,8-9H2,1-3H3,(H,19,20)/b7-6+. The SMILES string of the molecule is CCOc1cc(/C=C/C(=O)NCCC(=O)OC)cc(Br)c1OCC. The van der Waals surface area contributed by atoms with Crippen molar-refractivity contribution in [1.82, 2.24) is 5.32 Å². The highest BCUT2D eigenvalue weighted by Crippen LogP contribution is 2.37. The summed E-state index contributed by atoms with van der Waals surface area (Å²) < 4.78 is 16.4. The molecule has 0 aliphatic heterocycles. The Kier molecular flexibility index (Phi) is 8.93. The van der Waals surface area contributed by atoms with Crippen molar-refractivity contribution in [3.8, 4) is 11.5 Å². The van der Waals surface area contributed by atoms with Crippen LogP contribution in [0.2, 0.25) is 0 Å². The van der Waals surface area contributed by atoms with Gasteiger partial charge in [0.25, 0.3) is 0 Å². The molecule has 132 valence electrons. The van der Waals surface area contributed by atoms with Gasteiger partial charge in [-0.3, -0.25) is 9.59 Å². The van der Waals surface area contributed by atoms with Crippen molar-refractivity contribution in [1.29, 1.82) is 0 Å². The molecule has 0 atom stereocenters. The lowest BCUT2D eigenvalue weighted by molar-refractivity contribution is -0.140. The van der Waals surface area contributed by atoms with Gasteiger partial charge in [0.1, 0.15) is 0 Å². The lowest BCUT2D eigenvalue weighted by atomic mass is 10.2. The summed E-state index contributed by atoms with van der Waals surface area (Å²) in [5.41, 5.74) is 0.789. The van der Waals surface area contributed by atoms with Crippen LogP contribution in [0.15, 0.2) is 22.7 Å². The molecule has 1 aromatic rings. The minimum Gasteiger partial charge on any atom is -0.490 e. The average Bonchev–Trinajstić information content (AvgIpc) is 2.56. The van der Waals surface area contributed by atoms with Crippen LogP contribution in [0, 0.1) is 0 Å². The number of halogens is 1. The molecule has 0 saturated heterocycles. The summed E-state index contributed by atoms with van der Waals surface area (Å²) in [4.78, 5) is 22.7. The Balaban J connectivity index is 2.75. The first kappa shape index (κ1) is 20.0. The molecule has 1 N–H and O–H groups in total. The van der Waals surface area contributed by atoms with E-state index in [9.17, 15) is 9.59 Å². The smallest absolute Gasteiger partial charge is 0.307 e. The van der Waals surface area contributed by atoms with Gasteiger partial charge in [-0.05, 0) is 53.5 Å². The van der Waals surface area contributed by atoms with Crippen molar-refractivity contribution in [2.24, 2.45) is 0 Å². The number of hydrogen-bond acceptors (Lipinski definition) is 5. The second kappa shape index (κ2) is 10.7. The molecule has 0 unspecified atom stereocenters. The molecule has 0 saturated carbocycles. The number of ether oxygens (including phenoxy) is 3. The third-order valence-corrected chi connectivity index (χ3v) is 3.49. The second-order valence-electron chi connectivity index (χ2n) is 4.65. The van der Waals surface area contributed by atoms with Gasteiger partial charge in [0.15, 0.2) is 11.5 Å². The number of benzene rings is 1. The van der Waals surface area contributed by atoms with E-state index in [1.54, 1.807) is 12.1 Å². The van der Waals surface area contributed by atoms with E-state index in [1.165, 1.54) is 13.2 Å². The van der Waals surface area contributed by atoms with Gasteiger partial charge in [-0.15, -0.1) is 0 Å². The van der Waals surface area contributed by atoms with Gasteiger partial charge in [0, 0.05) is 12.6 Å². The van der Waals surface area contributed by atoms with Crippen LogP contribution >= 0.6 is 15.9 Å². The van der Waals surface area contributed by atoms with Crippen molar-refractivity contribution < 1.29 is 23.8 Å². The molecular weight excluding hydrogens is 378 g/mol. The molecular formula is C17H22BrNO5. The van der Waals surface area contributed by atoms with Crippen LogP contribution in [0.3, 0.4) is 0 Å². The average molecular weight is 400 g/mol. The molecule has 24 heavy (non-hydrogen) atoms. The maximum Gasteiger partial charge on any atom is 0.307 e. The highest BCUT2D eigenvalue weighted by atomic mass is 79.9. The van der Waals surface area contributed by atoms with E-state index >= 15 is 0 Å². The van der Waals surface area contributed by atoms with E-state index in [4.69, 9.17) is 9.47 Å². The predicted octanol–water partition coefficient (Wildman–Crippen LogP) is 2.94. The Bertz CT molecular complexity index is 601. The zero-order valence-electron chi connectivity index (χ0n) is 14.1. The first-order valence-corrected chi connectivity index (χ1v) is 8.42. The van der Waals surface area contributed by atoms with Crippen LogP contribution in [0.25, 0.3) is 6.08 Å². The van der Waals surface area contributed by atoms with E-state index in [0.717, 1.165) is 10.0 Å². The van der Waals surface area contributed by atoms with Gasteiger partial charge in [-0.25, -0.2) is 0 Å². The minimum absolute atomic E-state index is 0.138. The Morgan fingerprint density at radius 3 is 2.54 bits per heavy atom. The highest BCUT2D eigenvalue weighted by molar-refractivity contribution is 9.10. The first-order valence-electron chi connectivity index (χ1n) is 7.63. The van der Waals surface area contributed by atoms with Crippen molar-refractivity contribution >= 4 is 33.9 Å². The third kappa shape index (κ3) is 6.62. The number of amides is 1. The zero-order chi connectivity index (χ0) is 17.9. The molecule has 0 aromatic heterocycles. The summed E-state index contributed by atoms with van der Waals surface area (Å²) in [5, 5.41) is 2.61. The topological polar surface area (TPSA) is 73.9 Å². The number of methoxy groups -OCH3 is 1. The summed E-state index contributed by atoms with van der Waals surface area (Å²) in [5.74, 6) is 0.594. The molecule has 0 radical (unpaired) electrons. The summed E-state index contributed by atoms with van der Waals surface area (Å²) in [7, 11) is 1.31. The number of rotatable bonds is 9. The van der Waals surface area contributed by atoms with Crippen molar-refractivity contribution in [2.75, 3.05) is 26.9 Å². The van der Waals surface area contributed by atoms with Crippen LogP contribution in [0.4, 0.5) is 0 Å². The van der Waals surface area contributed by atoms with Crippen LogP contribution in [0.5, 0.6) is 11.5 Å². The molecule has 6 nitrogen and oxygen atoms in total. The normalized spacial score (nSPS) is 10.5. The summed E-state index contributed by atoms with van der Waals surface area (Å²) in [6, 6.07) is 3.64. The predicted molar refractivity (Wildman–Crippen MR) is 95.2 cm³/mol. The van der Waals surface area contributed by atoms with Gasteiger partial charge < -0.3 is 19.5 Å². The van der Waals surface area contributed by atoms with Crippen LogP contribution in [-0.2, 0) is 14.3 Å². The number of carbonyl (C=O) groups is 2. The molecule has 0 aliphatic rings. The van der Waals surface area contributed by atoms with E-state index in [-0.39, 0.29) is 24.8 Å². The monoisotopic (exact) mass is 399 g/mol. The fourth-order valence-corrected chi connectivity index (χ4v) is 2.43. The number of carbonyl (C=O) groups excluding carboxylic acids is 2. The van der Waals surface area contributed by atoms with Gasteiger partial charge in [0.05, 0.1) is 31.2 Å². The van der Waals surface area contributed by atoms with Gasteiger partial charge >= 0.3 is 5.97 Å². The highest BCUT2D eigenvalue weighted by Gasteiger charge is 2.11. The largest absolute Gasteiger partial charge is 0.490 e. The second-order valence-corrected chi connectivity index (χ2v) is 5.50. The number of hydrogen-bond donors (Lipinski definition) is 1. The van der Waals surface area contributed by atoms with Gasteiger partial charge in [0.2, 0.25) is 5.91 Å². The Labute approximate surface area is 150 Å². The lowest BCUT2D eigenvalue weighted by Crippen LogP contribution is -2.24. The van der Waals surface area contributed by atoms with E-state index in [2.05, 4.69) is 26.0 Å². The molecule has 0 heterocycles. The maximum absolute atomic E-state index is 11.7. The van der Waals surface area contributed by atoms with E-state index in [0.29, 0.717) is 24.7 Å². The van der Waals surface area contributed by atoms with Crippen LogP contribution < -0.4 is 14.8 Å². The van der Waals surface area contributed by atoms with E-state index < -0.39 is 0 Å². The number of esters is 1. The molecule has 1 rings (SSSR count). The Morgan fingerprint density at radius 1 is 1.21 bits per heavy atom. The van der Waals surface area contributed by atoms with Crippen LogP contribution in [-0.4, -0.2) is 38.7 Å². The molecule has 1 amide bonds. The Hall–Kier alpha value is -2.02. The van der Waals surface area contributed by atoms with Crippen molar-refractivity contribution in [3.05, 3.63) is 28.2 Å². The molecule has 0 bridgehead atoms. The van der Waals surface area contributed by atoms with E-state index in [1.807, 2.05) is 19.9 Å². The molecule has 7 heteroatoms. The zero-order valence-corrected chi connectivity index (χ0v) is 15.6. The molecule has 0 spiro atoms. The van der Waals surface area contributed by atoms with Crippen molar-refractivity contribution in [3.63, 3.8) is 0 Å². The maximum atomic E-state index is 11.7. The molecule has 1 aromatic carbocycles.